The van der Waals surface area contributed by atoms with Gasteiger partial charge in [0.05, 0.1) is 6.33 Å². The molecular formula is C14H19ClN4. The van der Waals surface area contributed by atoms with Gasteiger partial charge >= 0.3 is 0 Å². The van der Waals surface area contributed by atoms with Gasteiger partial charge in [-0.05, 0) is 36.6 Å². The van der Waals surface area contributed by atoms with Gasteiger partial charge in [-0.1, -0.05) is 0 Å². The molecule has 0 radical (unpaired) electrons. The van der Waals surface area contributed by atoms with E-state index >= 15 is 0 Å². The molecule has 1 aromatic carbocycles. The van der Waals surface area contributed by atoms with E-state index in [1.54, 1.807) is 0 Å². The highest BCUT2D eigenvalue weighted by Crippen LogP contribution is 2.25. The summed E-state index contributed by atoms with van der Waals surface area (Å²) >= 11 is 0. The largest absolute Gasteiger partial charge is 0.399 e. The number of benzene rings is 1. The van der Waals surface area contributed by atoms with E-state index in [1.165, 1.54) is 12.1 Å². The molecule has 0 saturated carbocycles. The van der Waals surface area contributed by atoms with Crippen LogP contribution in [0.25, 0.3) is 0 Å². The van der Waals surface area contributed by atoms with Gasteiger partial charge in [-0.2, -0.15) is 0 Å². The molecule has 2 N–H and O–H groups in total. The molecule has 1 aliphatic heterocycles. The van der Waals surface area contributed by atoms with Crippen LogP contribution in [0.3, 0.4) is 0 Å². The summed E-state index contributed by atoms with van der Waals surface area (Å²) in [7, 11) is 0. The van der Waals surface area contributed by atoms with E-state index in [0.29, 0.717) is 5.92 Å². The van der Waals surface area contributed by atoms with Crippen LogP contribution in [0.15, 0.2) is 43.0 Å². The smallest absolute Gasteiger partial charge is 0.0946 e. The normalized spacial score (nSPS) is 18.3. The first-order chi connectivity index (χ1) is 8.81. The summed E-state index contributed by atoms with van der Waals surface area (Å²) in [5, 5.41) is 0. The van der Waals surface area contributed by atoms with Gasteiger partial charge in [0, 0.05) is 43.4 Å². The Kier molecular flexibility index (Phi) is 4.32. The van der Waals surface area contributed by atoms with E-state index in [1.807, 2.05) is 30.9 Å². The topological polar surface area (TPSA) is 47.1 Å². The minimum atomic E-state index is 0. The summed E-state index contributed by atoms with van der Waals surface area (Å²) in [6.45, 7) is 3.30. The average Bonchev–Trinajstić information content (AvgIpc) is 3.02. The zero-order valence-corrected chi connectivity index (χ0v) is 11.6. The Morgan fingerprint density at radius 2 is 2.05 bits per heavy atom. The highest BCUT2D eigenvalue weighted by molar-refractivity contribution is 5.85. The van der Waals surface area contributed by atoms with Gasteiger partial charge in [-0.15, -0.1) is 12.4 Å². The Morgan fingerprint density at radius 1 is 1.26 bits per heavy atom. The molecule has 1 aromatic heterocycles. The van der Waals surface area contributed by atoms with Crippen LogP contribution in [-0.4, -0.2) is 22.6 Å². The standard InChI is InChI=1S/C14H18N4.ClH/c15-13-1-3-14(4-2-13)18-7-5-12(10-18)9-17-8-6-16-11-17;/h1-4,6,8,11-12H,5,7,9-10,15H2;1H. The first kappa shape index (κ1) is 13.7. The van der Waals surface area contributed by atoms with Gasteiger partial charge in [0.2, 0.25) is 0 Å². The second-order valence-electron chi connectivity index (χ2n) is 4.95. The molecule has 1 saturated heterocycles. The first-order valence-corrected chi connectivity index (χ1v) is 6.37. The molecule has 1 fully saturated rings. The van der Waals surface area contributed by atoms with Crippen molar-refractivity contribution in [2.75, 3.05) is 23.7 Å². The van der Waals surface area contributed by atoms with Gasteiger partial charge in [-0.25, -0.2) is 4.98 Å². The Bertz CT molecular complexity index is 495. The molecule has 2 aromatic rings. The predicted molar refractivity (Wildman–Crippen MR) is 80.6 cm³/mol. The van der Waals surface area contributed by atoms with Crippen molar-refractivity contribution in [1.29, 1.82) is 0 Å². The number of nitrogens with two attached hydrogens (primary N) is 1. The lowest BCUT2D eigenvalue weighted by molar-refractivity contribution is 0.485. The van der Waals surface area contributed by atoms with Crippen LogP contribution in [0, 0.1) is 5.92 Å². The molecule has 19 heavy (non-hydrogen) atoms. The lowest BCUT2D eigenvalue weighted by atomic mass is 10.1. The molecule has 0 aliphatic carbocycles. The lowest BCUT2D eigenvalue weighted by Crippen LogP contribution is -2.20. The van der Waals surface area contributed by atoms with Crippen LogP contribution < -0.4 is 10.6 Å². The number of imidazole rings is 1. The Balaban J connectivity index is 0.00000133. The molecule has 1 atom stereocenters. The molecule has 0 amide bonds. The van der Waals surface area contributed by atoms with Crippen molar-refractivity contribution in [2.24, 2.45) is 5.92 Å². The van der Waals surface area contributed by atoms with Gasteiger partial charge < -0.3 is 15.2 Å². The molecule has 5 heteroatoms. The van der Waals surface area contributed by atoms with Crippen LogP contribution in [0.2, 0.25) is 0 Å². The third kappa shape index (κ3) is 3.20. The molecule has 1 unspecified atom stereocenters. The predicted octanol–water partition coefficient (Wildman–Crippen LogP) is 2.41. The quantitative estimate of drug-likeness (QED) is 0.877. The second-order valence-corrected chi connectivity index (χ2v) is 4.95. The number of anilines is 2. The van der Waals surface area contributed by atoms with E-state index in [4.69, 9.17) is 5.73 Å². The maximum atomic E-state index is 5.71. The van der Waals surface area contributed by atoms with Crippen molar-refractivity contribution in [1.82, 2.24) is 9.55 Å². The number of halogens is 1. The monoisotopic (exact) mass is 278 g/mol. The number of nitrogens with zero attached hydrogens (tertiary/aromatic N) is 3. The van der Waals surface area contributed by atoms with Gasteiger partial charge in [-0.3, -0.25) is 0 Å². The van der Waals surface area contributed by atoms with Crippen LogP contribution in [0.1, 0.15) is 6.42 Å². The summed E-state index contributed by atoms with van der Waals surface area (Å²) in [5.74, 6) is 0.705. The van der Waals surface area contributed by atoms with Crippen molar-refractivity contribution in [3.05, 3.63) is 43.0 Å². The maximum absolute atomic E-state index is 5.71. The lowest BCUT2D eigenvalue weighted by Gasteiger charge is -2.19. The van der Waals surface area contributed by atoms with E-state index in [2.05, 4.69) is 26.6 Å². The maximum Gasteiger partial charge on any atom is 0.0946 e. The van der Waals surface area contributed by atoms with Crippen LogP contribution >= 0.6 is 12.4 Å². The minimum Gasteiger partial charge on any atom is -0.399 e. The second kappa shape index (κ2) is 5.97. The number of rotatable bonds is 3. The van der Waals surface area contributed by atoms with Crippen molar-refractivity contribution in [2.45, 2.75) is 13.0 Å². The Labute approximate surface area is 119 Å². The van der Waals surface area contributed by atoms with Crippen molar-refractivity contribution >= 4 is 23.8 Å². The van der Waals surface area contributed by atoms with Crippen LogP contribution in [0.5, 0.6) is 0 Å². The molecule has 2 heterocycles. The molecular weight excluding hydrogens is 260 g/mol. The van der Waals surface area contributed by atoms with Gasteiger partial charge in [0.1, 0.15) is 0 Å². The van der Waals surface area contributed by atoms with Crippen LogP contribution in [-0.2, 0) is 6.54 Å². The molecule has 4 nitrogen and oxygen atoms in total. The fourth-order valence-corrected chi connectivity index (χ4v) is 2.59. The summed E-state index contributed by atoms with van der Waals surface area (Å²) in [6, 6.07) is 8.15. The molecule has 0 bridgehead atoms. The zero-order chi connectivity index (χ0) is 12.4. The van der Waals surface area contributed by atoms with E-state index < -0.39 is 0 Å². The Hall–Kier alpha value is -1.68. The number of hydrogen-bond donors (Lipinski definition) is 1. The van der Waals surface area contributed by atoms with E-state index in [9.17, 15) is 0 Å². The molecule has 3 rings (SSSR count). The first-order valence-electron chi connectivity index (χ1n) is 6.37. The molecule has 1 aliphatic rings. The highest BCUT2D eigenvalue weighted by atomic mass is 35.5. The molecule has 102 valence electrons. The Morgan fingerprint density at radius 3 is 2.74 bits per heavy atom. The third-order valence-electron chi connectivity index (χ3n) is 3.57. The van der Waals surface area contributed by atoms with E-state index in [0.717, 1.165) is 25.3 Å². The minimum absolute atomic E-state index is 0. The number of aromatic nitrogens is 2. The highest BCUT2D eigenvalue weighted by Gasteiger charge is 2.22. The van der Waals surface area contributed by atoms with E-state index in [-0.39, 0.29) is 12.4 Å². The summed E-state index contributed by atoms with van der Waals surface area (Å²) in [6.07, 6.45) is 7.01. The van der Waals surface area contributed by atoms with Crippen molar-refractivity contribution < 1.29 is 0 Å². The zero-order valence-electron chi connectivity index (χ0n) is 10.8. The van der Waals surface area contributed by atoms with Gasteiger partial charge in [0.15, 0.2) is 0 Å². The SMILES string of the molecule is Cl.Nc1ccc(N2CCC(Cn3ccnc3)C2)cc1. The summed E-state index contributed by atoms with van der Waals surface area (Å²) in [5.41, 5.74) is 7.82. The summed E-state index contributed by atoms with van der Waals surface area (Å²) in [4.78, 5) is 6.52. The molecule has 0 spiro atoms. The van der Waals surface area contributed by atoms with Crippen LogP contribution in [0.4, 0.5) is 11.4 Å². The average molecular weight is 279 g/mol. The van der Waals surface area contributed by atoms with Crippen molar-refractivity contribution in [3.8, 4) is 0 Å². The number of hydrogen-bond acceptors (Lipinski definition) is 3. The fourth-order valence-electron chi connectivity index (χ4n) is 2.59. The summed E-state index contributed by atoms with van der Waals surface area (Å²) < 4.78 is 2.16. The van der Waals surface area contributed by atoms with Gasteiger partial charge in [0.25, 0.3) is 0 Å². The number of nitrogen functional groups attached to an aromatic ring is 1. The fraction of sp³-hybridized carbons (Fsp3) is 0.357. The third-order valence-corrected chi connectivity index (χ3v) is 3.57. The van der Waals surface area contributed by atoms with Crippen molar-refractivity contribution in [3.63, 3.8) is 0 Å².